The number of amides is 2. The molecule has 1 aromatic heterocycles. The van der Waals surface area contributed by atoms with E-state index in [1.165, 1.54) is 25.3 Å². The van der Waals surface area contributed by atoms with Gasteiger partial charge in [-0.2, -0.15) is 0 Å². The Kier molecular flexibility index (Phi) is 5.18. The summed E-state index contributed by atoms with van der Waals surface area (Å²) in [4.78, 5) is 47.2. The number of benzene rings is 1. The zero-order chi connectivity index (χ0) is 20.4. The fraction of sp³-hybridized carbons (Fsp3) is 0.118. The summed E-state index contributed by atoms with van der Waals surface area (Å²) in [6, 6.07) is 6.14. The van der Waals surface area contributed by atoms with Gasteiger partial charge >= 0.3 is 5.97 Å². The molecule has 2 heterocycles. The van der Waals surface area contributed by atoms with Crippen LogP contribution in [0.2, 0.25) is 0 Å². The van der Waals surface area contributed by atoms with Crippen molar-refractivity contribution in [3.8, 4) is 5.75 Å². The molecular weight excluding hydrogens is 392 g/mol. The number of hydrogen-bond donors (Lipinski definition) is 1. The van der Waals surface area contributed by atoms with Crippen molar-refractivity contribution in [1.29, 1.82) is 0 Å². The van der Waals surface area contributed by atoms with Crippen molar-refractivity contribution in [2.45, 2.75) is 6.54 Å². The van der Waals surface area contributed by atoms with E-state index in [9.17, 15) is 29.6 Å². The summed E-state index contributed by atoms with van der Waals surface area (Å²) in [6.45, 7) is -0.208. The molecule has 1 aliphatic heterocycles. The molecule has 1 aliphatic rings. The number of rotatable bonds is 5. The van der Waals surface area contributed by atoms with E-state index in [0.717, 1.165) is 23.1 Å². The third-order valence-electron chi connectivity index (χ3n) is 3.74. The number of nitrogens with zero attached hydrogens (tertiary/aromatic N) is 2. The normalized spacial score (nSPS) is 15.3. The first-order valence-corrected chi connectivity index (χ1v) is 8.51. The van der Waals surface area contributed by atoms with Crippen LogP contribution in [0.1, 0.15) is 21.9 Å². The van der Waals surface area contributed by atoms with Gasteiger partial charge in [0.2, 0.25) is 5.76 Å². The molecule has 11 heteroatoms. The highest BCUT2D eigenvalue weighted by molar-refractivity contribution is 8.18. The van der Waals surface area contributed by atoms with Gasteiger partial charge in [0.05, 0.1) is 23.5 Å². The number of carbonyl (C=O) groups is 3. The third kappa shape index (κ3) is 3.74. The summed E-state index contributed by atoms with van der Waals surface area (Å²) in [6.07, 6.45) is 1.20. The van der Waals surface area contributed by atoms with Crippen LogP contribution in [-0.4, -0.2) is 39.2 Å². The highest BCUT2D eigenvalue weighted by Gasteiger charge is 2.36. The predicted molar refractivity (Wildman–Crippen MR) is 96.3 cm³/mol. The van der Waals surface area contributed by atoms with Gasteiger partial charge in [-0.25, -0.2) is 4.79 Å². The number of phenols is 1. The number of ether oxygens (including phenoxy) is 1. The van der Waals surface area contributed by atoms with Crippen LogP contribution in [0.25, 0.3) is 6.08 Å². The lowest BCUT2D eigenvalue weighted by Gasteiger charge is -2.09. The largest absolute Gasteiger partial charge is 0.507 e. The van der Waals surface area contributed by atoms with Crippen molar-refractivity contribution in [3.63, 3.8) is 0 Å². The van der Waals surface area contributed by atoms with Crippen molar-refractivity contribution in [2.75, 3.05) is 7.11 Å². The Morgan fingerprint density at radius 3 is 2.79 bits per heavy atom. The summed E-state index contributed by atoms with van der Waals surface area (Å²) >= 11 is 0.621. The van der Waals surface area contributed by atoms with Crippen LogP contribution >= 0.6 is 11.8 Å². The molecule has 28 heavy (non-hydrogen) atoms. The summed E-state index contributed by atoms with van der Waals surface area (Å²) < 4.78 is 9.76. The number of aromatic hydroxyl groups is 1. The minimum atomic E-state index is -0.693. The first kappa shape index (κ1) is 19.2. The fourth-order valence-corrected chi connectivity index (χ4v) is 3.21. The van der Waals surface area contributed by atoms with Crippen molar-refractivity contribution < 1.29 is 33.6 Å². The number of phenolic OH excluding ortho intramolecular Hbond substituents is 1. The Hall–Kier alpha value is -3.60. The third-order valence-corrected chi connectivity index (χ3v) is 4.65. The van der Waals surface area contributed by atoms with E-state index >= 15 is 0 Å². The van der Waals surface area contributed by atoms with Gasteiger partial charge in [-0.15, -0.1) is 0 Å². The maximum atomic E-state index is 12.5. The van der Waals surface area contributed by atoms with Crippen LogP contribution in [0.4, 0.5) is 10.5 Å². The molecule has 144 valence electrons. The highest BCUT2D eigenvalue weighted by atomic mass is 32.2. The van der Waals surface area contributed by atoms with Crippen molar-refractivity contribution in [1.82, 2.24) is 4.90 Å². The van der Waals surface area contributed by atoms with Crippen LogP contribution in [0.3, 0.4) is 0 Å². The SMILES string of the molecule is COC(=O)c1ccc(CN2C(=O)SC(=Cc3cc([N+](=O)[O-])ccc3O)C2=O)o1. The molecule has 3 rings (SSSR count). The molecule has 1 saturated heterocycles. The lowest BCUT2D eigenvalue weighted by Crippen LogP contribution is -2.27. The summed E-state index contributed by atoms with van der Waals surface area (Å²) in [5.41, 5.74) is -0.236. The maximum absolute atomic E-state index is 12.5. The number of thioether (sulfide) groups is 1. The van der Waals surface area contributed by atoms with E-state index in [1.807, 2.05) is 0 Å². The molecule has 0 unspecified atom stereocenters. The molecule has 1 fully saturated rings. The lowest BCUT2D eigenvalue weighted by molar-refractivity contribution is -0.384. The van der Waals surface area contributed by atoms with E-state index < -0.39 is 22.0 Å². The molecule has 0 spiro atoms. The molecule has 0 aliphatic carbocycles. The second-order valence-electron chi connectivity index (χ2n) is 5.53. The zero-order valence-electron chi connectivity index (χ0n) is 14.3. The summed E-state index contributed by atoms with van der Waals surface area (Å²) in [5, 5.41) is 20.1. The van der Waals surface area contributed by atoms with Crippen LogP contribution in [-0.2, 0) is 16.1 Å². The Bertz CT molecular complexity index is 1030. The number of nitro benzene ring substituents is 1. The smallest absolute Gasteiger partial charge is 0.373 e. The molecule has 2 amide bonds. The average Bonchev–Trinajstić information content (AvgIpc) is 3.23. The van der Waals surface area contributed by atoms with Crippen LogP contribution < -0.4 is 0 Å². The molecule has 1 aromatic carbocycles. The van der Waals surface area contributed by atoms with E-state index in [4.69, 9.17) is 4.42 Å². The number of methoxy groups -OCH3 is 1. The maximum Gasteiger partial charge on any atom is 0.373 e. The Labute approximate surface area is 161 Å². The molecular formula is C17H12N2O8S. The predicted octanol–water partition coefficient (Wildman–Crippen LogP) is 2.92. The lowest BCUT2D eigenvalue weighted by atomic mass is 10.1. The standard InChI is InChI=1S/C17H12N2O8S/c1-26-16(22)13-5-3-11(27-13)8-18-15(21)14(28-17(18)23)7-9-6-10(19(24)25)2-4-12(9)20/h2-7,20H,8H2,1H3. The number of furan rings is 1. The minimum absolute atomic E-state index is 0.0134. The molecule has 2 aromatic rings. The van der Waals surface area contributed by atoms with Gasteiger partial charge in [0.1, 0.15) is 11.5 Å². The van der Waals surface area contributed by atoms with E-state index in [0.29, 0.717) is 11.8 Å². The summed E-state index contributed by atoms with van der Waals surface area (Å²) in [5.74, 6) is -1.49. The van der Waals surface area contributed by atoms with Crippen molar-refractivity contribution in [2.24, 2.45) is 0 Å². The second-order valence-corrected chi connectivity index (χ2v) is 6.52. The fourth-order valence-electron chi connectivity index (χ4n) is 2.38. The highest BCUT2D eigenvalue weighted by Crippen LogP contribution is 2.35. The molecule has 10 nitrogen and oxygen atoms in total. The molecule has 0 radical (unpaired) electrons. The van der Waals surface area contributed by atoms with Gasteiger partial charge in [-0.1, -0.05) is 0 Å². The van der Waals surface area contributed by atoms with Crippen LogP contribution in [0, 0.1) is 10.1 Å². The molecule has 1 N–H and O–H groups in total. The van der Waals surface area contributed by atoms with Gasteiger partial charge in [0.25, 0.3) is 16.8 Å². The zero-order valence-corrected chi connectivity index (χ0v) is 15.1. The van der Waals surface area contributed by atoms with Crippen LogP contribution in [0.15, 0.2) is 39.7 Å². The van der Waals surface area contributed by atoms with Crippen molar-refractivity contribution in [3.05, 3.63) is 62.4 Å². The topological polar surface area (TPSA) is 140 Å². The van der Waals surface area contributed by atoms with Crippen molar-refractivity contribution >= 4 is 40.6 Å². The van der Waals surface area contributed by atoms with Crippen LogP contribution in [0.5, 0.6) is 5.75 Å². The molecule has 0 atom stereocenters. The van der Waals surface area contributed by atoms with Gasteiger partial charge in [0, 0.05) is 17.7 Å². The van der Waals surface area contributed by atoms with Gasteiger partial charge < -0.3 is 14.3 Å². The molecule has 0 bridgehead atoms. The number of non-ortho nitro benzene ring substituents is 1. The minimum Gasteiger partial charge on any atom is -0.507 e. The van der Waals surface area contributed by atoms with Gasteiger partial charge in [0.15, 0.2) is 0 Å². The Morgan fingerprint density at radius 1 is 1.36 bits per heavy atom. The first-order valence-electron chi connectivity index (χ1n) is 7.70. The average molecular weight is 404 g/mol. The number of esters is 1. The first-order chi connectivity index (χ1) is 13.3. The number of carbonyl (C=O) groups excluding carboxylic acids is 3. The van der Waals surface area contributed by atoms with E-state index in [2.05, 4.69) is 4.74 Å². The Balaban J connectivity index is 1.83. The molecule has 0 saturated carbocycles. The summed E-state index contributed by atoms with van der Waals surface area (Å²) in [7, 11) is 1.19. The Morgan fingerprint density at radius 2 is 2.11 bits per heavy atom. The quantitative estimate of drug-likeness (QED) is 0.344. The van der Waals surface area contributed by atoms with E-state index in [-0.39, 0.29) is 40.0 Å². The van der Waals surface area contributed by atoms with E-state index in [1.54, 1.807) is 0 Å². The second kappa shape index (κ2) is 7.56. The number of imide groups is 1. The number of hydrogen-bond acceptors (Lipinski definition) is 9. The van der Waals surface area contributed by atoms with Gasteiger partial charge in [-0.05, 0) is 36.0 Å². The van der Waals surface area contributed by atoms with Gasteiger partial charge in [-0.3, -0.25) is 24.6 Å². The monoisotopic (exact) mass is 404 g/mol. The number of nitro groups is 1.